The van der Waals surface area contributed by atoms with Crippen LogP contribution in [0.15, 0.2) is 40.3 Å². The largest absolute Gasteiger partial charge is 0.283 e. The predicted molar refractivity (Wildman–Crippen MR) is 97.8 cm³/mol. The molecule has 3 nitrogen and oxygen atoms in total. The SMILES string of the molecule is CSc1nc2sc3c(c2c(=O)n1Cc1ccccc1)CCCC3. The summed E-state index contributed by atoms with van der Waals surface area (Å²) in [5, 5.41) is 1.68. The van der Waals surface area contributed by atoms with Crippen LogP contribution in [0.2, 0.25) is 0 Å². The van der Waals surface area contributed by atoms with E-state index in [4.69, 9.17) is 4.98 Å². The average molecular weight is 342 g/mol. The van der Waals surface area contributed by atoms with E-state index in [0.717, 1.165) is 33.8 Å². The number of benzene rings is 1. The first-order valence-corrected chi connectivity index (χ1v) is 9.95. The zero-order valence-electron chi connectivity index (χ0n) is 13.0. The van der Waals surface area contributed by atoms with E-state index in [2.05, 4.69) is 12.1 Å². The molecule has 0 N–H and O–H groups in total. The van der Waals surface area contributed by atoms with Gasteiger partial charge in [0.2, 0.25) is 0 Å². The third-order valence-electron chi connectivity index (χ3n) is 4.41. The third-order valence-corrected chi connectivity index (χ3v) is 6.27. The number of rotatable bonds is 3. The van der Waals surface area contributed by atoms with Crippen molar-refractivity contribution in [1.82, 2.24) is 9.55 Å². The molecule has 0 fully saturated rings. The van der Waals surface area contributed by atoms with E-state index in [1.54, 1.807) is 23.1 Å². The van der Waals surface area contributed by atoms with Gasteiger partial charge >= 0.3 is 0 Å². The monoisotopic (exact) mass is 342 g/mol. The van der Waals surface area contributed by atoms with Gasteiger partial charge in [0.25, 0.3) is 5.56 Å². The van der Waals surface area contributed by atoms with E-state index in [0.29, 0.717) is 6.54 Å². The number of thiophene rings is 1. The maximum Gasteiger partial charge on any atom is 0.263 e. The summed E-state index contributed by atoms with van der Waals surface area (Å²) in [5.41, 5.74) is 2.53. The number of hydrogen-bond acceptors (Lipinski definition) is 4. The molecule has 0 amide bonds. The molecular formula is C18H18N2OS2. The van der Waals surface area contributed by atoms with E-state index in [1.165, 1.54) is 23.3 Å². The Hall–Kier alpha value is -1.59. The molecule has 0 atom stereocenters. The number of aromatic nitrogens is 2. The van der Waals surface area contributed by atoms with E-state index < -0.39 is 0 Å². The van der Waals surface area contributed by atoms with Crippen LogP contribution in [-0.4, -0.2) is 15.8 Å². The summed E-state index contributed by atoms with van der Waals surface area (Å²) in [6.45, 7) is 0.587. The molecule has 0 saturated carbocycles. The van der Waals surface area contributed by atoms with Crippen LogP contribution in [0.25, 0.3) is 10.2 Å². The van der Waals surface area contributed by atoms with E-state index >= 15 is 0 Å². The van der Waals surface area contributed by atoms with Gasteiger partial charge < -0.3 is 0 Å². The van der Waals surface area contributed by atoms with Crippen LogP contribution in [0.4, 0.5) is 0 Å². The second kappa shape index (κ2) is 6.13. The van der Waals surface area contributed by atoms with Crippen LogP contribution in [0.3, 0.4) is 0 Å². The van der Waals surface area contributed by atoms with Gasteiger partial charge in [0, 0.05) is 4.88 Å². The highest BCUT2D eigenvalue weighted by molar-refractivity contribution is 7.98. The molecule has 4 rings (SSSR count). The van der Waals surface area contributed by atoms with Gasteiger partial charge in [-0.1, -0.05) is 42.1 Å². The fraction of sp³-hybridized carbons (Fsp3) is 0.333. The van der Waals surface area contributed by atoms with Gasteiger partial charge in [-0.3, -0.25) is 9.36 Å². The molecule has 1 aromatic carbocycles. The molecule has 1 aliphatic rings. The zero-order valence-corrected chi connectivity index (χ0v) is 14.7. The van der Waals surface area contributed by atoms with Gasteiger partial charge in [-0.15, -0.1) is 11.3 Å². The Morgan fingerprint density at radius 3 is 2.78 bits per heavy atom. The highest BCUT2D eigenvalue weighted by Crippen LogP contribution is 2.34. The predicted octanol–water partition coefficient (Wildman–Crippen LogP) is 4.11. The molecule has 0 unspecified atom stereocenters. The summed E-state index contributed by atoms with van der Waals surface area (Å²) < 4.78 is 1.84. The summed E-state index contributed by atoms with van der Waals surface area (Å²) in [7, 11) is 0. The molecule has 0 bridgehead atoms. The van der Waals surface area contributed by atoms with Crippen LogP contribution >= 0.6 is 23.1 Å². The molecule has 0 aliphatic heterocycles. The van der Waals surface area contributed by atoms with Crippen molar-refractivity contribution < 1.29 is 0 Å². The van der Waals surface area contributed by atoms with Crippen molar-refractivity contribution in [1.29, 1.82) is 0 Å². The maximum absolute atomic E-state index is 13.2. The first-order valence-electron chi connectivity index (χ1n) is 7.91. The molecule has 2 aromatic heterocycles. The van der Waals surface area contributed by atoms with Gasteiger partial charge in [-0.2, -0.15) is 0 Å². The minimum Gasteiger partial charge on any atom is -0.283 e. The fourth-order valence-electron chi connectivity index (χ4n) is 3.28. The van der Waals surface area contributed by atoms with Crippen molar-refractivity contribution in [2.24, 2.45) is 0 Å². The molecular weight excluding hydrogens is 324 g/mol. The van der Waals surface area contributed by atoms with Crippen molar-refractivity contribution in [3.05, 3.63) is 56.7 Å². The van der Waals surface area contributed by atoms with Gasteiger partial charge in [0.1, 0.15) is 4.83 Å². The summed E-state index contributed by atoms with van der Waals surface area (Å²) in [4.78, 5) is 20.3. The quantitative estimate of drug-likeness (QED) is 0.531. The summed E-state index contributed by atoms with van der Waals surface area (Å²) in [6, 6.07) is 10.1. The average Bonchev–Trinajstić information content (AvgIpc) is 2.96. The molecule has 0 spiro atoms. The number of hydrogen-bond donors (Lipinski definition) is 0. The highest BCUT2D eigenvalue weighted by atomic mass is 32.2. The van der Waals surface area contributed by atoms with Gasteiger partial charge in [0.05, 0.1) is 11.9 Å². The summed E-state index contributed by atoms with van der Waals surface area (Å²) in [5.74, 6) is 0. The number of fused-ring (bicyclic) bond motifs is 3. The summed E-state index contributed by atoms with van der Waals surface area (Å²) in [6.07, 6.45) is 6.52. The van der Waals surface area contributed by atoms with Crippen LogP contribution < -0.4 is 5.56 Å². The first-order chi connectivity index (χ1) is 11.3. The van der Waals surface area contributed by atoms with Crippen molar-refractivity contribution in [2.45, 2.75) is 37.4 Å². The van der Waals surface area contributed by atoms with Gasteiger partial charge in [-0.25, -0.2) is 4.98 Å². The molecule has 118 valence electrons. The van der Waals surface area contributed by atoms with Crippen molar-refractivity contribution >= 4 is 33.3 Å². The molecule has 3 aromatic rings. The molecule has 0 radical (unpaired) electrons. The molecule has 0 saturated heterocycles. The van der Waals surface area contributed by atoms with Crippen molar-refractivity contribution in [3.8, 4) is 0 Å². The number of nitrogens with zero attached hydrogens (tertiary/aromatic N) is 2. The Kier molecular flexibility index (Phi) is 3.99. The first kappa shape index (κ1) is 15.0. The Balaban J connectivity index is 1.92. The normalized spacial score (nSPS) is 14.1. The maximum atomic E-state index is 13.2. The second-order valence-corrected chi connectivity index (χ2v) is 7.72. The Labute approximate surface area is 143 Å². The number of aryl methyl sites for hydroxylation is 2. The standard InChI is InChI=1S/C18H18N2OS2/c1-22-18-19-16-15(13-9-5-6-10-14(13)23-16)17(21)20(18)11-12-7-3-2-4-8-12/h2-4,7-8H,5-6,9-11H2,1H3. The zero-order chi connectivity index (χ0) is 15.8. The minimum absolute atomic E-state index is 0.127. The van der Waals surface area contributed by atoms with E-state index in [-0.39, 0.29) is 5.56 Å². The topological polar surface area (TPSA) is 34.9 Å². The minimum atomic E-state index is 0.127. The molecule has 23 heavy (non-hydrogen) atoms. The van der Waals surface area contributed by atoms with E-state index in [1.807, 2.05) is 29.0 Å². The lowest BCUT2D eigenvalue weighted by molar-refractivity contribution is 0.657. The number of thioether (sulfide) groups is 1. The lowest BCUT2D eigenvalue weighted by atomic mass is 9.97. The second-order valence-electron chi connectivity index (χ2n) is 5.87. The van der Waals surface area contributed by atoms with Crippen LogP contribution in [0.1, 0.15) is 28.8 Å². The lowest BCUT2D eigenvalue weighted by Gasteiger charge is -2.12. The summed E-state index contributed by atoms with van der Waals surface area (Å²) >= 11 is 3.27. The van der Waals surface area contributed by atoms with Crippen LogP contribution in [0.5, 0.6) is 0 Å². The van der Waals surface area contributed by atoms with Crippen molar-refractivity contribution in [2.75, 3.05) is 6.26 Å². The van der Waals surface area contributed by atoms with Gasteiger partial charge in [0.15, 0.2) is 5.16 Å². The Bertz CT molecular complexity index is 912. The lowest BCUT2D eigenvalue weighted by Crippen LogP contribution is -2.24. The van der Waals surface area contributed by atoms with Crippen LogP contribution in [0, 0.1) is 0 Å². The molecule has 2 heterocycles. The smallest absolute Gasteiger partial charge is 0.263 e. The molecule has 5 heteroatoms. The van der Waals surface area contributed by atoms with Crippen LogP contribution in [-0.2, 0) is 19.4 Å². The van der Waals surface area contributed by atoms with E-state index in [9.17, 15) is 4.79 Å². The highest BCUT2D eigenvalue weighted by Gasteiger charge is 2.21. The Morgan fingerprint density at radius 1 is 1.22 bits per heavy atom. The Morgan fingerprint density at radius 2 is 2.00 bits per heavy atom. The fourth-order valence-corrected chi connectivity index (χ4v) is 5.14. The third kappa shape index (κ3) is 2.62. The molecule has 1 aliphatic carbocycles. The van der Waals surface area contributed by atoms with Gasteiger partial charge in [-0.05, 0) is 43.1 Å². The van der Waals surface area contributed by atoms with Crippen molar-refractivity contribution in [3.63, 3.8) is 0 Å².